The Morgan fingerprint density at radius 3 is 2.24 bits per heavy atom. The summed E-state index contributed by atoms with van der Waals surface area (Å²) in [5.74, 6) is 0. The lowest BCUT2D eigenvalue weighted by molar-refractivity contribution is 1.25. The van der Waals surface area contributed by atoms with Crippen molar-refractivity contribution in [2.24, 2.45) is 4.99 Å². The second-order valence-electron chi connectivity index (χ2n) is 4.90. The van der Waals surface area contributed by atoms with Crippen molar-refractivity contribution in [2.75, 3.05) is 0 Å². The summed E-state index contributed by atoms with van der Waals surface area (Å²) in [5.41, 5.74) is 4.55. The average Bonchev–Trinajstić information content (AvgIpc) is 2.58. The molecule has 0 atom stereocenters. The molecule has 0 heterocycles. The van der Waals surface area contributed by atoms with Gasteiger partial charge in [-0.25, -0.2) is 0 Å². The number of aliphatic imine (C=N–C) groups is 1. The van der Waals surface area contributed by atoms with Gasteiger partial charge in [0.15, 0.2) is 0 Å². The predicted octanol–water partition coefficient (Wildman–Crippen LogP) is 5.03. The number of nitrogens with zero attached hydrogens (tertiary/aromatic N) is 1. The first-order valence-electron chi connectivity index (χ1n) is 7.14. The van der Waals surface area contributed by atoms with E-state index in [1.165, 1.54) is 5.57 Å². The van der Waals surface area contributed by atoms with Crippen molar-refractivity contribution in [3.8, 4) is 0 Å². The van der Waals surface area contributed by atoms with E-state index in [1.54, 1.807) is 0 Å². The molecule has 2 aromatic rings. The van der Waals surface area contributed by atoms with E-state index < -0.39 is 0 Å². The van der Waals surface area contributed by atoms with Crippen molar-refractivity contribution in [1.82, 2.24) is 0 Å². The van der Waals surface area contributed by atoms with E-state index in [0.29, 0.717) is 0 Å². The molecule has 0 spiro atoms. The van der Waals surface area contributed by atoms with Crippen molar-refractivity contribution >= 4 is 11.9 Å². The van der Waals surface area contributed by atoms with Gasteiger partial charge in [-0.1, -0.05) is 85.0 Å². The van der Waals surface area contributed by atoms with Crippen LogP contribution in [0.5, 0.6) is 0 Å². The molecule has 0 fully saturated rings. The largest absolute Gasteiger partial charge is 0.255 e. The molecule has 1 aliphatic rings. The highest BCUT2D eigenvalue weighted by Crippen LogP contribution is 2.25. The smallest absolute Gasteiger partial charge is 0.0737 e. The molecule has 1 heteroatoms. The molecule has 0 aromatic heterocycles. The van der Waals surface area contributed by atoms with Crippen molar-refractivity contribution in [2.45, 2.75) is 6.42 Å². The molecule has 0 N–H and O–H groups in total. The third-order valence-electron chi connectivity index (χ3n) is 3.38. The monoisotopic (exact) mass is 271 g/mol. The van der Waals surface area contributed by atoms with Gasteiger partial charge < -0.3 is 0 Å². The minimum Gasteiger partial charge on any atom is -0.255 e. The summed E-state index contributed by atoms with van der Waals surface area (Å²) in [4.78, 5) is 4.76. The fourth-order valence-electron chi connectivity index (χ4n) is 2.31. The molecule has 1 aliphatic carbocycles. The van der Waals surface area contributed by atoms with Gasteiger partial charge in [0.1, 0.15) is 0 Å². The lowest BCUT2D eigenvalue weighted by atomic mass is 10.0. The molecule has 3 rings (SSSR count). The Morgan fingerprint density at radius 1 is 0.857 bits per heavy atom. The van der Waals surface area contributed by atoms with E-state index in [9.17, 15) is 0 Å². The highest BCUT2D eigenvalue weighted by Gasteiger charge is 2.06. The van der Waals surface area contributed by atoms with Gasteiger partial charge in [0.05, 0.1) is 5.70 Å². The summed E-state index contributed by atoms with van der Waals surface area (Å²) >= 11 is 0. The Labute approximate surface area is 125 Å². The van der Waals surface area contributed by atoms with Crippen molar-refractivity contribution < 1.29 is 0 Å². The van der Waals surface area contributed by atoms with E-state index in [4.69, 9.17) is 4.99 Å². The third-order valence-corrected chi connectivity index (χ3v) is 3.38. The molecule has 2 aromatic carbocycles. The van der Waals surface area contributed by atoms with Crippen LogP contribution in [0, 0.1) is 0 Å². The summed E-state index contributed by atoms with van der Waals surface area (Å²) in [5, 5.41) is 0. The SMILES string of the molecule is C1=CC/C(=C(/N=Cc2ccccc2)c2ccccc2)C=C1. The summed E-state index contributed by atoms with van der Waals surface area (Å²) in [6, 6.07) is 20.5. The van der Waals surface area contributed by atoms with Crippen LogP contribution in [-0.2, 0) is 0 Å². The molecule has 21 heavy (non-hydrogen) atoms. The number of benzene rings is 2. The van der Waals surface area contributed by atoms with E-state index in [1.807, 2.05) is 30.5 Å². The number of hydrogen-bond acceptors (Lipinski definition) is 1. The first-order chi connectivity index (χ1) is 10.4. The first-order valence-corrected chi connectivity index (χ1v) is 7.14. The van der Waals surface area contributed by atoms with E-state index in [2.05, 4.69) is 60.7 Å². The first kappa shape index (κ1) is 13.3. The third kappa shape index (κ3) is 3.46. The number of rotatable bonds is 3. The molecule has 1 nitrogen and oxygen atoms in total. The van der Waals surface area contributed by atoms with Gasteiger partial charge in [0, 0.05) is 11.8 Å². The standard InChI is InChI=1S/C20H17N/c1-4-10-17(11-5-1)16-21-20(18-12-6-2-7-13-18)19-14-8-3-9-15-19/h1-14,16H,15H2/b20-19+,21-16?. The number of hydrogen-bond donors (Lipinski definition) is 0. The number of allylic oxidation sites excluding steroid dienone is 5. The molecule has 0 saturated carbocycles. The minimum absolute atomic E-state index is 0.923. The normalized spacial score (nSPS) is 16.4. The van der Waals surface area contributed by atoms with Crippen LogP contribution in [0.4, 0.5) is 0 Å². The minimum atomic E-state index is 0.923. The topological polar surface area (TPSA) is 12.4 Å². The van der Waals surface area contributed by atoms with Crippen molar-refractivity contribution in [1.29, 1.82) is 0 Å². The van der Waals surface area contributed by atoms with Gasteiger partial charge in [-0.15, -0.1) is 0 Å². The van der Waals surface area contributed by atoms with Crippen LogP contribution in [0.15, 0.2) is 95.5 Å². The zero-order valence-electron chi connectivity index (χ0n) is 11.8. The summed E-state index contributed by atoms with van der Waals surface area (Å²) in [7, 11) is 0. The van der Waals surface area contributed by atoms with E-state index in [0.717, 1.165) is 23.2 Å². The zero-order valence-corrected chi connectivity index (χ0v) is 11.8. The second-order valence-corrected chi connectivity index (χ2v) is 4.90. The maximum absolute atomic E-state index is 4.76. The molecule has 102 valence electrons. The molecule has 0 bridgehead atoms. The maximum Gasteiger partial charge on any atom is 0.0737 e. The molecule has 0 radical (unpaired) electrons. The van der Waals surface area contributed by atoms with Gasteiger partial charge in [-0.3, -0.25) is 4.99 Å². The van der Waals surface area contributed by atoms with Gasteiger partial charge in [0.25, 0.3) is 0 Å². The van der Waals surface area contributed by atoms with Crippen LogP contribution in [0.2, 0.25) is 0 Å². The van der Waals surface area contributed by atoms with Gasteiger partial charge >= 0.3 is 0 Å². The lowest BCUT2D eigenvalue weighted by Crippen LogP contribution is -1.91. The summed E-state index contributed by atoms with van der Waals surface area (Å²) < 4.78 is 0. The fraction of sp³-hybridized carbons (Fsp3) is 0.0500. The van der Waals surface area contributed by atoms with Crippen LogP contribution in [0.3, 0.4) is 0 Å². The fourth-order valence-corrected chi connectivity index (χ4v) is 2.31. The quantitative estimate of drug-likeness (QED) is 0.694. The van der Waals surface area contributed by atoms with Gasteiger partial charge in [-0.05, 0) is 17.6 Å². The van der Waals surface area contributed by atoms with Crippen LogP contribution in [0.25, 0.3) is 5.70 Å². The summed E-state index contributed by atoms with van der Waals surface area (Å²) in [6.07, 6.45) is 11.3. The Balaban J connectivity index is 2.00. The Bertz CT molecular complexity index is 704. The van der Waals surface area contributed by atoms with Crippen LogP contribution in [-0.4, -0.2) is 6.21 Å². The Kier molecular flexibility index (Phi) is 4.23. The van der Waals surface area contributed by atoms with Gasteiger partial charge in [-0.2, -0.15) is 0 Å². The highest BCUT2D eigenvalue weighted by molar-refractivity contribution is 5.86. The molecule has 0 saturated heterocycles. The molecule has 0 aliphatic heterocycles. The Morgan fingerprint density at radius 2 is 1.57 bits per heavy atom. The Hall–Kier alpha value is -2.67. The zero-order chi connectivity index (χ0) is 14.3. The predicted molar refractivity (Wildman–Crippen MR) is 90.3 cm³/mol. The van der Waals surface area contributed by atoms with Crippen LogP contribution in [0.1, 0.15) is 17.5 Å². The highest BCUT2D eigenvalue weighted by atomic mass is 14.7. The van der Waals surface area contributed by atoms with E-state index >= 15 is 0 Å². The second kappa shape index (κ2) is 6.67. The molecule has 0 unspecified atom stereocenters. The molecular weight excluding hydrogens is 254 g/mol. The molecule has 0 amide bonds. The van der Waals surface area contributed by atoms with Crippen molar-refractivity contribution in [3.63, 3.8) is 0 Å². The maximum atomic E-state index is 4.76. The lowest BCUT2D eigenvalue weighted by Gasteiger charge is -2.09. The van der Waals surface area contributed by atoms with E-state index in [-0.39, 0.29) is 0 Å². The summed E-state index contributed by atoms with van der Waals surface area (Å²) in [6.45, 7) is 0. The average molecular weight is 271 g/mol. The van der Waals surface area contributed by atoms with Crippen molar-refractivity contribution in [3.05, 3.63) is 102 Å². The molecular formula is C20H17N. The van der Waals surface area contributed by atoms with Crippen LogP contribution < -0.4 is 0 Å². The van der Waals surface area contributed by atoms with Gasteiger partial charge in [0.2, 0.25) is 0 Å². The van der Waals surface area contributed by atoms with Crippen LogP contribution >= 0.6 is 0 Å².